The highest BCUT2D eigenvalue weighted by Gasteiger charge is 2.30. The molecular formula is C77H150O17P2. The van der Waals surface area contributed by atoms with E-state index in [2.05, 4.69) is 34.6 Å². The van der Waals surface area contributed by atoms with Crippen molar-refractivity contribution in [3.63, 3.8) is 0 Å². The molecule has 0 spiro atoms. The van der Waals surface area contributed by atoms with Gasteiger partial charge in [0.05, 0.1) is 26.4 Å². The van der Waals surface area contributed by atoms with E-state index in [4.69, 9.17) is 37.0 Å². The van der Waals surface area contributed by atoms with Crippen molar-refractivity contribution >= 4 is 39.5 Å². The number of hydrogen-bond acceptors (Lipinski definition) is 15. The van der Waals surface area contributed by atoms with E-state index in [1.807, 2.05) is 0 Å². The molecule has 0 rings (SSSR count). The first-order chi connectivity index (χ1) is 46.5. The number of phosphoric acid groups is 2. The standard InChI is InChI=1S/C77H150O17P2/c1-6-9-12-15-18-21-24-26-27-28-29-30-32-37-43-48-53-58-63-77(82)94-73(67-88-75(80)61-56-51-46-41-38-33-35-39-44-49-54-59-70(4)5)69-92-96(85,86)90-65-71(78)64-89-95(83,84)91-68-72(66-87-74(79)60-55-50-45-40-34-23-20-17-14-11-8-3)93-76(81)62-57-52-47-42-36-31-25-22-19-16-13-10-7-2/h70-73,78H,6-69H2,1-5H3,(H,83,84)(H,85,86)/t71-,72+,73+/m0/s1. The largest absolute Gasteiger partial charge is 0.472 e. The molecule has 0 saturated heterocycles. The number of aliphatic hydroxyl groups is 1. The second kappa shape index (κ2) is 70.1. The Balaban J connectivity index is 5.24. The second-order valence-electron chi connectivity index (χ2n) is 28.2. The third kappa shape index (κ3) is 70.5. The number of unbranched alkanes of at least 4 members (excludes halogenated alkanes) is 49. The lowest BCUT2D eigenvalue weighted by atomic mass is 10.0. The van der Waals surface area contributed by atoms with Crippen LogP contribution in [-0.4, -0.2) is 96.7 Å². The van der Waals surface area contributed by atoms with Crippen LogP contribution < -0.4 is 0 Å². The third-order valence-electron chi connectivity index (χ3n) is 18.0. The van der Waals surface area contributed by atoms with Gasteiger partial charge in [-0.1, -0.05) is 356 Å². The van der Waals surface area contributed by atoms with Crippen LogP contribution in [0.3, 0.4) is 0 Å². The van der Waals surface area contributed by atoms with Crippen molar-refractivity contribution in [1.82, 2.24) is 0 Å². The zero-order valence-corrected chi connectivity index (χ0v) is 64.3. The molecule has 0 saturated carbocycles. The van der Waals surface area contributed by atoms with Gasteiger partial charge in [0, 0.05) is 25.7 Å². The predicted octanol–water partition coefficient (Wildman–Crippen LogP) is 22.9. The van der Waals surface area contributed by atoms with E-state index in [0.717, 1.165) is 95.8 Å². The van der Waals surface area contributed by atoms with Crippen LogP contribution in [0, 0.1) is 5.92 Å². The summed E-state index contributed by atoms with van der Waals surface area (Å²) in [5.74, 6) is -1.34. The lowest BCUT2D eigenvalue weighted by molar-refractivity contribution is -0.161. The van der Waals surface area contributed by atoms with Gasteiger partial charge in [-0.2, -0.15) is 0 Å². The summed E-state index contributed by atoms with van der Waals surface area (Å²) in [5.41, 5.74) is 0. The Bertz CT molecular complexity index is 1840. The molecule has 0 aromatic heterocycles. The van der Waals surface area contributed by atoms with Crippen LogP contribution in [0.15, 0.2) is 0 Å². The van der Waals surface area contributed by atoms with Crippen molar-refractivity contribution in [2.45, 2.75) is 425 Å². The number of aliphatic hydroxyl groups excluding tert-OH is 1. The molecule has 3 N–H and O–H groups in total. The second-order valence-corrected chi connectivity index (χ2v) is 31.1. The average molecular weight is 1410 g/mol. The van der Waals surface area contributed by atoms with E-state index in [9.17, 15) is 43.2 Å². The fraction of sp³-hybridized carbons (Fsp3) is 0.948. The Kier molecular flexibility index (Phi) is 68.7. The quantitative estimate of drug-likeness (QED) is 0.0222. The molecule has 0 bridgehead atoms. The van der Waals surface area contributed by atoms with E-state index in [1.165, 1.54) is 231 Å². The number of hydrogen-bond donors (Lipinski definition) is 3. The lowest BCUT2D eigenvalue weighted by Crippen LogP contribution is -2.30. The predicted molar refractivity (Wildman–Crippen MR) is 391 cm³/mol. The maximum absolute atomic E-state index is 13.1. The number of phosphoric ester groups is 2. The lowest BCUT2D eigenvalue weighted by Gasteiger charge is -2.21. The van der Waals surface area contributed by atoms with Crippen molar-refractivity contribution in [1.29, 1.82) is 0 Å². The van der Waals surface area contributed by atoms with E-state index in [1.54, 1.807) is 0 Å². The van der Waals surface area contributed by atoms with E-state index < -0.39 is 97.5 Å². The highest BCUT2D eigenvalue weighted by Crippen LogP contribution is 2.45. The molecule has 0 fully saturated rings. The summed E-state index contributed by atoms with van der Waals surface area (Å²) < 4.78 is 68.6. The van der Waals surface area contributed by atoms with Crippen LogP contribution in [0.1, 0.15) is 407 Å². The summed E-state index contributed by atoms with van der Waals surface area (Å²) in [6.45, 7) is 7.31. The molecule has 0 aliphatic heterocycles. The van der Waals surface area contributed by atoms with E-state index in [0.29, 0.717) is 25.7 Å². The first-order valence-corrected chi connectivity index (χ1v) is 43.1. The number of rotatable bonds is 77. The summed E-state index contributed by atoms with van der Waals surface area (Å²) in [5, 5.41) is 10.6. The molecule has 19 heteroatoms. The Morgan fingerprint density at radius 3 is 0.708 bits per heavy atom. The van der Waals surface area contributed by atoms with Crippen LogP contribution in [-0.2, 0) is 65.4 Å². The molecular weight excluding hydrogens is 1260 g/mol. The summed E-state index contributed by atoms with van der Waals surface area (Å²) in [6.07, 6.45) is 59.5. The zero-order chi connectivity index (χ0) is 70.5. The minimum atomic E-state index is -4.96. The summed E-state index contributed by atoms with van der Waals surface area (Å²) in [6, 6.07) is 0. The summed E-state index contributed by atoms with van der Waals surface area (Å²) in [7, 11) is -9.91. The maximum Gasteiger partial charge on any atom is 0.472 e. The molecule has 0 aliphatic carbocycles. The molecule has 5 atom stereocenters. The normalized spacial score (nSPS) is 13.9. The Morgan fingerprint density at radius 2 is 0.479 bits per heavy atom. The summed E-state index contributed by atoms with van der Waals surface area (Å²) in [4.78, 5) is 72.9. The van der Waals surface area contributed by atoms with Gasteiger partial charge in [0.2, 0.25) is 0 Å². The van der Waals surface area contributed by atoms with Gasteiger partial charge in [-0.05, 0) is 31.6 Å². The van der Waals surface area contributed by atoms with Crippen LogP contribution >= 0.6 is 15.6 Å². The Morgan fingerprint density at radius 1 is 0.281 bits per heavy atom. The monoisotopic (exact) mass is 1410 g/mol. The minimum absolute atomic E-state index is 0.108. The molecule has 17 nitrogen and oxygen atoms in total. The van der Waals surface area contributed by atoms with Gasteiger partial charge in [-0.25, -0.2) is 9.13 Å². The molecule has 0 amide bonds. The third-order valence-corrected chi connectivity index (χ3v) is 19.9. The van der Waals surface area contributed by atoms with Gasteiger partial charge < -0.3 is 33.8 Å². The Labute approximate surface area is 588 Å². The van der Waals surface area contributed by atoms with Gasteiger partial charge in [-0.15, -0.1) is 0 Å². The number of ether oxygens (including phenoxy) is 4. The fourth-order valence-electron chi connectivity index (χ4n) is 11.9. The van der Waals surface area contributed by atoms with Crippen LogP contribution in [0.5, 0.6) is 0 Å². The summed E-state index contributed by atoms with van der Waals surface area (Å²) >= 11 is 0. The zero-order valence-electron chi connectivity index (χ0n) is 62.5. The van der Waals surface area contributed by atoms with Crippen molar-refractivity contribution < 1.29 is 80.2 Å². The number of esters is 4. The molecule has 0 aromatic rings. The highest BCUT2D eigenvalue weighted by molar-refractivity contribution is 7.47. The molecule has 96 heavy (non-hydrogen) atoms. The fourth-order valence-corrected chi connectivity index (χ4v) is 13.5. The Hall–Kier alpha value is -1.94. The van der Waals surface area contributed by atoms with Gasteiger partial charge >= 0.3 is 39.5 Å². The van der Waals surface area contributed by atoms with E-state index in [-0.39, 0.29) is 25.7 Å². The minimum Gasteiger partial charge on any atom is -0.462 e. The highest BCUT2D eigenvalue weighted by atomic mass is 31.2. The van der Waals surface area contributed by atoms with Gasteiger partial charge in [0.1, 0.15) is 19.3 Å². The molecule has 0 aromatic carbocycles. The first-order valence-electron chi connectivity index (χ1n) is 40.1. The van der Waals surface area contributed by atoms with Crippen molar-refractivity contribution in [3.05, 3.63) is 0 Å². The SMILES string of the molecule is CCCCCCCCCCCCCCCCCCCCC(=O)O[C@H](COC(=O)CCCCCCCCCCCCCC(C)C)COP(=O)(O)OC[C@@H](O)COP(=O)(O)OC[C@@H](COC(=O)CCCCCCCCCCCCC)OC(=O)CCCCCCCCCCCCCCC. The number of carbonyl (C=O) groups excluding carboxylic acids is 4. The molecule has 0 aliphatic rings. The van der Waals surface area contributed by atoms with Crippen molar-refractivity contribution in [2.24, 2.45) is 5.92 Å². The van der Waals surface area contributed by atoms with Gasteiger partial charge in [0.25, 0.3) is 0 Å². The van der Waals surface area contributed by atoms with Crippen LogP contribution in [0.4, 0.5) is 0 Å². The molecule has 2 unspecified atom stereocenters. The van der Waals surface area contributed by atoms with Crippen molar-refractivity contribution in [2.75, 3.05) is 39.6 Å². The van der Waals surface area contributed by atoms with Crippen molar-refractivity contribution in [3.8, 4) is 0 Å². The maximum atomic E-state index is 13.1. The van der Waals surface area contributed by atoms with Gasteiger partial charge in [0.15, 0.2) is 12.2 Å². The van der Waals surface area contributed by atoms with Crippen LogP contribution in [0.25, 0.3) is 0 Å². The number of carbonyl (C=O) groups is 4. The topological polar surface area (TPSA) is 237 Å². The van der Waals surface area contributed by atoms with Gasteiger partial charge in [-0.3, -0.25) is 37.3 Å². The van der Waals surface area contributed by atoms with Crippen LogP contribution in [0.2, 0.25) is 0 Å². The average Bonchev–Trinajstić information content (AvgIpc) is 1.12. The molecule has 0 heterocycles. The smallest absolute Gasteiger partial charge is 0.462 e. The van der Waals surface area contributed by atoms with E-state index >= 15 is 0 Å². The molecule has 0 radical (unpaired) electrons. The molecule has 570 valence electrons. The first kappa shape index (κ1) is 94.1.